The lowest BCUT2D eigenvalue weighted by Gasteiger charge is -2.24. The van der Waals surface area contributed by atoms with Crippen molar-refractivity contribution in [3.63, 3.8) is 0 Å². The minimum absolute atomic E-state index is 0. The molecule has 0 bridgehead atoms. The summed E-state index contributed by atoms with van der Waals surface area (Å²) in [6.45, 7) is 4.53. The zero-order valence-corrected chi connectivity index (χ0v) is 17.7. The first-order valence-corrected chi connectivity index (χ1v) is 9.04. The van der Waals surface area contributed by atoms with Gasteiger partial charge in [0.1, 0.15) is 5.82 Å². The molecule has 3 rings (SSSR count). The molecular weight excluding hydrogens is 453 g/mol. The van der Waals surface area contributed by atoms with Crippen LogP contribution in [0.15, 0.2) is 23.3 Å². The normalized spacial score (nSPS) is 21.8. The van der Waals surface area contributed by atoms with E-state index in [0.29, 0.717) is 17.0 Å². The van der Waals surface area contributed by atoms with Crippen LogP contribution in [0.1, 0.15) is 19.3 Å². The number of guanidine groups is 1. The first-order valence-electron chi connectivity index (χ1n) is 8.66. The molecule has 25 heavy (non-hydrogen) atoms. The van der Waals surface area contributed by atoms with Gasteiger partial charge in [0, 0.05) is 52.1 Å². The van der Waals surface area contributed by atoms with Gasteiger partial charge in [0.2, 0.25) is 0 Å². The molecule has 8 heteroatoms. The molecule has 3 heterocycles. The Bertz CT molecular complexity index is 568. The standard InChI is InChI=1S/C17H26ClN5O.HI/c1-19-17(21-11-13-5-9-24-10-6-13)22-14-4-8-23(12-14)16-15(18)3-2-7-20-16;/h2-3,7,13-14H,4-6,8-12H2,1H3,(H2,19,21,22);1H. The zero-order valence-electron chi connectivity index (χ0n) is 14.6. The lowest BCUT2D eigenvalue weighted by atomic mass is 10.0. The summed E-state index contributed by atoms with van der Waals surface area (Å²) in [5, 5.41) is 7.68. The summed E-state index contributed by atoms with van der Waals surface area (Å²) in [7, 11) is 1.82. The van der Waals surface area contributed by atoms with Crippen molar-refractivity contribution in [1.82, 2.24) is 15.6 Å². The molecule has 1 aromatic heterocycles. The molecular formula is C17H27ClIN5O. The minimum Gasteiger partial charge on any atom is -0.381 e. The Kier molecular flexibility index (Phi) is 8.51. The van der Waals surface area contributed by atoms with E-state index in [0.717, 1.165) is 63.9 Å². The third-order valence-electron chi connectivity index (χ3n) is 4.69. The summed E-state index contributed by atoms with van der Waals surface area (Å²) in [6.07, 6.45) is 5.08. The van der Waals surface area contributed by atoms with Gasteiger partial charge in [0.05, 0.1) is 5.02 Å². The second-order valence-electron chi connectivity index (χ2n) is 6.39. The number of pyridine rings is 1. The summed E-state index contributed by atoms with van der Waals surface area (Å²) in [5.41, 5.74) is 0. The number of ether oxygens (including phenoxy) is 1. The van der Waals surface area contributed by atoms with Gasteiger partial charge < -0.3 is 20.3 Å². The molecule has 2 fully saturated rings. The van der Waals surface area contributed by atoms with E-state index < -0.39 is 0 Å². The lowest BCUT2D eigenvalue weighted by Crippen LogP contribution is -2.46. The van der Waals surface area contributed by atoms with Crippen LogP contribution in [-0.2, 0) is 4.74 Å². The van der Waals surface area contributed by atoms with E-state index in [1.807, 2.05) is 19.2 Å². The summed E-state index contributed by atoms with van der Waals surface area (Å²) in [5.74, 6) is 2.42. The molecule has 0 spiro atoms. The van der Waals surface area contributed by atoms with Gasteiger partial charge in [-0.15, -0.1) is 24.0 Å². The maximum absolute atomic E-state index is 6.25. The number of aliphatic imine (C=N–C) groups is 1. The fraction of sp³-hybridized carbons (Fsp3) is 0.647. The number of anilines is 1. The van der Waals surface area contributed by atoms with E-state index in [1.165, 1.54) is 0 Å². The molecule has 1 atom stereocenters. The van der Waals surface area contributed by atoms with Crippen LogP contribution in [0.3, 0.4) is 0 Å². The van der Waals surface area contributed by atoms with E-state index in [-0.39, 0.29) is 24.0 Å². The van der Waals surface area contributed by atoms with Gasteiger partial charge in [0.15, 0.2) is 5.96 Å². The topological polar surface area (TPSA) is 61.8 Å². The van der Waals surface area contributed by atoms with Crippen LogP contribution in [0, 0.1) is 5.92 Å². The van der Waals surface area contributed by atoms with Crippen LogP contribution in [0.5, 0.6) is 0 Å². The monoisotopic (exact) mass is 479 g/mol. The van der Waals surface area contributed by atoms with Crippen molar-refractivity contribution in [1.29, 1.82) is 0 Å². The van der Waals surface area contributed by atoms with Gasteiger partial charge in [0.25, 0.3) is 0 Å². The molecule has 2 N–H and O–H groups in total. The summed E-state index contributed by atoms with van der Waals surface area (Å²) < 4.78 is 5.41. The number of aromatic nitrogens is 1. The fourth-order valence-electron chi connectivity index (χ4n) is 3.26. The number of halogens is 2. The quantitative estimate of drug-likeness (QED) is 0.395. The number of nitrogens with one attached hydrogen (secondary N) is 2. The first kappa shape index (κ1) is 20.5. The van der Waals surface area contributed by atoms with Crippen LogP contribution < -0.4 is 15.5 Å². The molecule has 140 valence electrons. The number of rotatable bonds is 4. The van der Waals surface area contributed by atoms with E-state index >= 15 is 0 Å². The van der Waals surface area contributed by atoms with Gasteiger partial charge >= 0.3 is 0 Å². The van der Waals surface area contributed by atoms with Gasteiger partial charge in [-0.2, -0.15) is 0 Å². The van der Waals surface area contributed by atoms with Crippen molar-refractivity contribution in [3.05, 3.63) is 23.4 Å². The molecule has 1 aromatic rings. The van der Waals surface area contributed by atoms with Crippen molar-refractivity contribution >= 4 is 47.4 Å². The minimum atomic E-state index is 0. The van der Waals surface area contributed by atoms with Gasteiger partial charge in [-0.1, -0.05) is 11.6 Å². The Morgan fingerprint density at radius 1 is 1.40 bits per heavy atom. The Labute approximate surface area is 171 Å². The maximum Gasteiger partial charge on any atom is 0.191 e. The lowest BCUT2D eigenvalue weighted by molar-refractivity contribution is 0.0675. The third kappa shape index (κ3) is 5.86. The molecule has 0 aromatic carbocycles. The maximum atomic E-state index is 6.25. The highest BCUT2D eigenvalue weighted by atomic mass is 127. The summed E-state index contributed by atoms with van der Waals surface area (Å²) >= 11 is 6.25. The fourth-order valence-corrected chi connectivity index (χ4v) is 3.50. The average Bonchev–Trinajstić information content (AvgIpc) is 3.08. The highest BCUT2D eigenvalue weighted by molar-refractivity contribution is 14.0. The molecule has 0 radical (unpaired) electrons. The average molecular weight is 480 g/mol. The second-order valence-corrected chi connectivity index (χ2v) is 6.80. The highest BCUT2D eigenvalue weighted by Crippen LogP contribution is 2.25. The molecule has 0 saturated carbocycles. The predicted molar refractivity (Wildman–Crippen MR) is 113 cm³/mol. The van der Waals surface area contributed by atoms with Crippen molar-refractivity contribution in [3.8, 4) is 0 Å². The first-order chi connectivity index (χ1) is 11.8. The SMILES string of the molecule is CN=C(NCC1CCOCC1)NC1CCN(c2ncccc2Cl)C1.I. The van der Waals surface area contributed by atoms with Crippen LogP contribution in [0.2, 0.25) is 5.02 Å². The number of nitrogens with zero attached hydrogens (tertiary/aromatic N) is 3. The molecule has 0 amide bonds. The predicted octanol–water partition coefficient (Wildman–Crippen LogP) is 2.52. The molecule has 0 aliphatic carbocycles. The van der Waals surface area contributed by atoms with E-state index in [4.69, 9.17) is 16.3 Å². The Morgan fingerprint density at radius 3 is 2.92 bits per heavy atom. The Balaban J connectivity index is 0.00000225. The molecule has 6 nitrogen and oxygen atoms in total. The smallest absolute Gasteiger partial charge is 0.191 e. The highest BCUT2D eigenvalue weighted by Gasteiger charge is 2.25. The summed E-state index contributed by atoms with van der Waals surface area (Å²) in [6, 6.07) is 4.10. The molecule has 2 aliphatic rings. The number of hydrogen-bond donors (Lipinski definition) is 2. The number of hydrogen-bond acceptors (Lipinski definition) is 4. The molecule has 1 unspecified atom stereocenters. The van der Waals surface area contributed by atoms with Crippen LogP contribution in [0.4, 0.5) is 5.82 Å². The third-order valence-corrected chi connectivity index (χ3v) is 4.99. The van der Waals surface area contributed by atoms with Gasteiger partial charge in [-0.3, -0.25) is 4.99 Å². The van der Waals surface area contributed by atoms with Crippen LogP contribution >= 0.6 is 35.6 Å². The van der Waals surface area contributed by atoms with Crippen LogP contribution in [-0.4, -0.2) is 56.9 Å². The Hall–Kier alpha value is -0.800. The van der Waals surface area contributed by atoms with E-state index in [9.17, 15) is 0 Å². The molecule has 2 saturated heterocycles. The van der Waals surface area contributed by atoms with Gasteiger partial charge in [-0.05, 0) is 37.3 Å². The van der Waals surface area contributed by atoms with E-state index in [2.05, 4.69) is 25.5 Å². The van der Waals surface area contributed by atoms with Gasteiger partial charge in [-0.25, -0.2) is 4.98 Å². The largest absolute Gasteiger partial charge is 0.381 e. The van der Waals surface area contributed by atoms with E-state index in [1.54, 1.807) is 6.20 Å². The Morgan fingerprint density at radius 2 is 2.20 bits per heavy atom. The van der Waals surface area contributed by atoms with Crippen molar-refractivity contribution in [2.45, 2.75) is 25.3 Å². The van der Waals surface area contributed by atoms with Crippen molar-refractivity contribution < 1.29 is 4.74 Å². The zero-order chi connectivity index (χ0) is 16.8. The van der Waals surface area contributed by atoms with Crippen LogP contribution in [0.25, 0.3) is 0 Å². The second kappa shape index (κ2) is 10.4. The van der Waals surface area contributed by atoms with Crippen molar-refractivity contribution in [2.24, 2.45) is 10.9 Å². The van der Waals surface area contributed by atoms with Crippen molar-refractivity contribution in [2.75, 3.05) is 44.8 Å². The molecule has 2 aliphatic heterocycles. The summed E-state index contributed by atoms with van der Waals surface area (Å²) in [4.78, 5) is 11.0.